The molecule has 6 heteroatoms. The maximum absolute atomic E-state index is 11.6. The van der Waals surface area contributed by atoms with Gasteiger partial charge in [-0.1, -0.05) is 0 Å². The molecule has 0 radical (unpaired) electrons. The Morgan fingerprint density at radius 2 is 2.22 bits per heavy atom. The van der Waals surface area contributed by atoms with Gasteiger partial charge in [0.25, 0.3) is 0 Å². The van der Waals surface area contributed by atoms with Crippen LogP contribution in [0.1, 0.15) is 19.3 Å². The number of nitrogens with zero attached hydrogens (tertiary/aromatic N) is 2. The minimum Gasteiger partial charge on any atom is -0.353 e. The van der Waals surface area contributed by atoms with Crippen LogP contribution in [0, 0.1) is 5.92 Å². The lowest BCUT2D eigenvalue weighted by molar-refractivity contribution is 0.550. The van der Waals surface area contributed by atoms with Crippen LogP contribution < -0.4 is 9.62 Å². The van der Waals surface area contributed by atoms with Gasteiger partial charge < -0.3 is 4.90 Å². The molecular weight excluding hydrogens is 250 g/mol. The van der Waals surface area contributed by atoms with Gasteiger partial charge in [0.2, 0.25) is 10.0 Å². The van der Waals surface area contributed by atoms with E-state index in [9.17, 15) is 8.42 Å². The molecule has 1 aliphatic carbocycles. The molecular formula is C12H17N3O2S. The fraction of sp³-hybridized carbons (Fsp3) is 0.583. The van der Waals surface area contributed by atoms with Gasteiger partial charge in [-0.2, -0.15) is 0 Å². The zero-order valence-corrected chi connectivity index (χ0v) is 11.2. The lowest BCUT2D eigenvalue weighted by atomic mass is 10.1. The van der Waals surface area contributed by atoms with E-state index in [1.165, 1.54) is 32.5 Å². The third-order valence-electron chi connectivity index (χ3n) is 4.00. The van der Waals surface area contributed by atoms with Gasteiger partial charge in [0.15, 0.2) is 0 Å². The first kappa shape index (κ1) is 11.9. The Morgan fingerprint density at radius 1 is 1.39 bits per heavy atom. The molecule has 1 N–H and O–H groups in total. The highest BCUT2D eigenvalue weighted by Crippen LogP contribution is 2.39. The van der Waals surface area contributed by atoms with E-state index in [1.54, 1.807) is 6.07 Å². The lowest BCUT2D eigenvalue weighted by Crippen LogP contribution is -2.32. The summed E-state index contributed by atoms with van der Waals surface area (Å²) in [5.41, 5.74) is 0. The Labute approximate surface area is 107 Å². The van der Waals surface area contributed by atoms with E-state index >= 15 is 0 Å². The molecule has 0 aromatic carbocycles. The molecule has 18 heavy (non-hydrogen) atoms. The van der Waals surface area contributed by atoms with Crippen LogP contribution in [0.15, 0.2) is 23.2 Å². The van der Waals surface area contributed by atoms with Gasteiger partial charge >= 0.3 is 0 Å². The number of aromatic nitrogens is 1. The lowest BCUT2D eigenvalue weighted by Gasteiger charge is -2.28. The number of hydrogen-bond acceptors (Lipinski definition) is 4. The molecule has 1 aromatic rings. The van der Waals surface area contributed by atoms with Crippen LogP contribution in [0.3, 0.4) is 0 Å². The van der Waals surface area contributed by atoms with Crippen molar-refractivity contribution in [3.63, 3.8) is 0 Å². The van der Waals surface area contributed by atoms with Gasteiger partial charge in [-0.3, -0.25) is 0 Å². The topological polar surface area (TPSA) is 62.3 Å². The first-order valence-corrected chi connectivity index (χ1v) is 7.75. The summed E-state index contributed by atoms with van der Waals surface area (Å²) < 4.78 is 25.5. The first-order valence-electron chi connectivity index (χ1n) is 6.26. The van der Waals surface area contributed by atoms with Crippen LogP contribution in [0.5, 0.6) is 0 Å². The van der Waals surface area contributed by atoms with Crippen molar-refractivity contribution in [2.24, 2.45) is 5.92 Å². The number of anilines is 1. The highest BCUT2D eigenvalue weighted by molar-refractivity contribution is 7.89. The summed E-state index contributed by atoms with van der Waals surface area (Å²) in [5.74, 6) is 1.70. The maximum atomic E-state index is 11.6. The quantitative estimate of drug-likeness (QED) is 0.886. The SMILES string of the molecule is CNS(=O)(=O)c1ccc(N2CC3CCC2C3)nc1. The van der Waals surface area contributed by atoms with Crippen molar-refractivity contribution in [2.45, 2.75) is 30.2 Å². The highest BCUT2D eigenvalue weighted by Gasteiger charge is 2.38. The Hall–Kier alpha value is -1.14. The predicted octanol–water partition coefficient (Wildman–Crippen LogP) is 0.978. The van der Waals surface area contributed by atoms with Crippen molar-refractivity contribution in [1.29, 1.82) is 0 Å². The van der Waals surface area contributed by atoms with E-state index in [-0.39, 0.29) is 4.90 Å². The number of pyridine rings is 1. The molecule has 2 aliphatic rings. The Morgan fingerprint density at radius 3 is 2.72 bits per heavy atom. The summed E-state index contributed by atoms with van der Waals surface area (Å²) in [6.45, 7) is 1.07. The van der Waals surface area contributed by atoms with Crippen molar-refractivity contribution >= 4 is 15.8 Å². The van der Waals surface area contributed by atoms with Crippen LogP contribution in [0.25, 0.3) is 0 Å². The molecule has 2 bridgehead atoms. The van der Waals surface area contributed by atoms with Gasteiger partial charge in [0, 0.05) is 18.8 Å². The van der Waals surface area contributed by atoms with E-state index in [1.807, 2.05) is 6.07 Å². The fourth-order valence-electron chi connectivity index (χ4n) is 3.02. The molecule has 3 rings (SSSR count). The van der Waals surface area contributed by atoms with E-state index < -0.39 is 10.0 Å². The fourth-order valence-corrected chi connectivity index (χ4v) is 3.70. The second kappa shape index (κ2) is 4.20. The third-order valence-corrected chi connectivity index (χ3v) is 5.40. The Kier molecular flexibility index (Phi) is 2.79. The summed E-state index contributed by atoms with van der Waals surface area (Å²) in [6, 6.07) is 4.04. The molecule has 2 heterocycles. The minimum atomic E-state index is -3.38. The molecule has 2 atom stereocenters. The molecule has 2 fully saturated rings. The van der Waals surface area contributed by atoms with Crippen molar-refractivity contribution in [2.75, 3.05) is 18.5 Å². The van der Waals surface area contributed by atoms with E-state index in [4.69, 9.17) is 0 Å². The van der Waals surface area contributed by atoms with Crippen LogP contribution >= 0.6 is 0 Å². The normalized spacial score (nSPS) is 26.8. The van der Waals surface area contributed by atoms with Crippen molar-refractivity contribution < 1.29 is 8.42 Å². The van der Waals surface area contributed by atoms with Crippen LogP contribution in [0.4, 0.5) is 5.82 Å². The predicted molar refractivity (Wildman–Crippen MR) is 69.0 cm³/mol. The summed E-state index contributed by atoms with van der Waals surface area (Å²) in [6.07, 6.45) is 5.27. The number of sulfonamides is 1. The maximum Gasteiger partial charge on any atom is 0.241 e. The molecule has 0 amide bonds. The van der Waals surface area contributed by atoms with E-state index in [0.29, 0.717) is 6.04 Å². The highest BCUT2D eigenvalue weighted by atomic mass is 32.2. The largest absolute Gasteiger partial charge is 0.353 e. The van der Waals surface area contributed by atoms with Crippen LogP contribution in [-0.4, -0.2) is 33.0 Å². The molecule has 98 valence electrons. The molecule has 2 unspecified atom stereocenters. The molecule has 1 aromatic heterocycles. The number of piperidine rings is 1. The van der Waals surface area contributed by atoms with E-state index in [2.05, 4.69) is 14.6 Å². The summed E-state index contributed by atoms with van der Waals surface area (Å²) >= 11 is 0. The minimum absolute atomic E-state index is 0.220. The molecule has 1 aliphatic heterocycles. The molecule has 0 spiro atoms. The monoisotopic (exact) mass is 267 g/mol. The number of rotatable bonds is 3. The first-order chi connectivity index (χ1) is 8.60. The average molecular weight is 267 g/mol. The summed E-state index contributed by atoms with van der Waals surface area (Å²) in [5, 5.41) is 0. The second-order valence-corrected chi connectivity index (χ2v) is 6.93. The number of fused-ring (bicyclic) bond motifs is 2. The van der Waals surface area contributed by atoms with Crippen LogP contribution in [0.2, 0.25) is 0 Å². The molecule has 5 nitrogen and oxygen atoms in total. The molecule has 1 saturated heterocycles. The van der Waals surface area contributed by atoms with Gasteiger partial charge in [-0.05, 0) is 44.4 Å². The molecule has 1 saturated carbocycles. The van der Waals surface area contributed by atoms with Gasteiger partial charge in [0.1, 0.15) is 10.7 Å². The zero-order valence-electron chi connectivity index (χ0n) is 10.3. The number of nitrogens with one attached hydrogen (secondary N) is 1. The summed E-state index contributed by atoms with van der Waals surface area (Å²) in [7, 11) is -1.97. The van der Waals surface area contributed by atoms with Crippen molar-refractivity contribution in [1.82, 2.24) is 9.71 Å². The van der Waals surface area contributed by atoms with E-state index in [0.717, 1.165) is 18.3 Å². The standard InChI is InChI=1S/C12H17N3O2S/c1-13-18(16,17)11-4-5-12(14-7-11)15-8-9-2-3-10(15)6-9/h4-5,7,9-10,13H,2-3,6,8H2,1H3. The number of hydrogen-bond donors (Lipinski definition) is 1. The Balaban J connectivity index is 1.84. The van der Waals surface area contributed by atoms with Crippen molar-refractivity contribution in [3.05, 3.63) is 18.3 Å². The zero-order chi connectivity index (χ0) is 12.8. The van der Waals surface area contributed by atoms with Gasteiger partial charge in [-0.25, -0.2) is 18.1 Å². The Bertz CT molecular complexity index is 541. The van der Waals surface area contributed by atoms with Gasteiger partial charge in [0.05, 0.1) is 0 Å². The summed E-state index contributed by atoms with van der Waals surface area (Å²) in [4.78, 5) is 6.83. The van der Waals surface area contributed by atoms with Crippen LogP contribution in [-0.2, 0) is 10.0 Å². The third kappa shape index (κ3) is 1.89. The average Bonchev–Trinajstić information content (AvgIpc) is 3.01. The smallest absolute Gasteiger partial charge is 0.241 e. The van der Waals surface area contributed by atoms with Gasteiger partial charge in [-0.15, -0.1) is 0 Å². The van der Waals surface area contributed by atoms with Crippen molar-refractivity contribution in [3.8, 4) is 0 Å². The second-order valence-electron chi connectivity index (χ2n) is 5.04.